The van der Waals surface area contributed by atoms with E-state index in [1.807, 2.05) is 13.1 Å². The van der Waals surface area contributed by atoms with Gasteiger partial charge in [-0.1, -0.05) is 12.8 Å². The summed E-state index contributed by atoms with van der Waals surface area (Å²) in [5.74, 6) is 6.87. The second-order valence-electron chi connectivity index (χ2n) is 4.74. The van der Waals surface area contributed by atoms with E-state index < -0.39 is 0 Å². The summed E-state index contributed by atoms with van der Waals surface area (Å²) in [6.45, 7) is 5.39. The Morgan fingerprint density at radius 2 is 2.24 bits per heavy atom. The normalized spacial score (nSPS) is 21.1. The van der Waals surface area contributed by atoms with Gasteiger partial charge in [-0.05, 0) is 26.7 Å². The predicted molar refractivity (Wildman–Crippen MR) is 69.9 cm³/mol. The van der Waals surface area contributed by atoms with Gasteiger partial charge in [0.05, 0.1) is 0 Å². The van der Waals surface area contributed by atoms with Crippen LogP contribution in [0.3, 0.4) is 0 Å². The van der Waals surface area contributed by atoms with Crippen LogP contribution in [0.5, 0.6) is 0 Å². The highest BCUT2D eigenvalue weighted by atomic mass is 15.3. The first kappa shape index (κ1) is 12.1. The second-order valence-corrected chi connectivity index (χ2v) is 4.74. The van der Waals surface area contributed by atoms with E-state index in [1.165, 1.54) is 25.7 Å². The van der Waals surface area contributed by atoms with Crippen LogP contribution >= 0.6 is 0 Å². The van der Waals surface area contributed by atoms with Gasteiger partial charge in [0.1, 0.15) is 5.82 Å². The van der Waals surface area contributed by atoms with E-state index in [0.717, 1.165) is 17.9 Å². The Morgan fingerprint density at radius 3 is 3.00 bits per heavy atom. The maximum Gasteiger partial charge on any atom is 0.239 e. The maximum absolute atomic E-state index is 5.37. The van der Waals surface area contributed by atoms with Crippen LogP contribution in [0.25, 0.3) is 0 Å². The Labute approximate surface area is 102 Å². The van der Waals surface area contributed by atoms with Gasteiger partial charge < -0.3 is 4.90 Å². The van der Waals surface area contributed by atoms with Gasteiger partial charge in [-0.15, -0.1) is 0 Å². The number of anilines is 2. The zero-order chi connectivity index (χ0) is 12.3. The first-order chi connectivity index (χ1) is 8.22. The molecule has 1 fully saturated rings. The van der Waals surface area contributed by atoms with Gasteiger partial charge in [0, 0.05) is 24.3 Å². The lowest BCUT2D eigenvalue weighted by Crippen LogP contribution is -2.34. The van der Waals surface area contributed by atoms with Crippen LogP contribution in [0.2, 0.25) is 0 Å². The van der Waals surface area contributed by atoms with Crippen molar-refractivity contribution < 1.29 is 0 Å². The Hall–Kier alpha value is -1.36. The van der Waals surface area contributed by atoms with Gasteiger partial charge in [0.25, 0.3) is 0 Å². The monoisotopic (exact) mass is 235 g/mol. The first-order valence-electron chi connectivity index (χ1n) is 6.29. The van der Waals surface area contributed by atoms with Crippen molar-refractivity contribution in [2.75, 3.05) is 16.9 Å². The fourth-order valence-electron chi connectivity index (χ4n) is 2.38. The van der Waals surface area contributed by atoms with E-state index in [1.54, 1.807) is 0 Å². The van der Waals surface area contributed by atoms with Gasteiger partial charge in [-0.2, -0.15) is 4.98 Å². The fourth-order valence-corrected chi connectivity index (χ4v) is 2.38. The molecule has 0 bridgehead atoms. The van der Waals surface area contributed by atoms with Crippen LogP contribution in [0.1, 0.15) is 38.2 Å². The number of rotatable bonds is 2. The molecule has 2 heterocycles. The fraction of sp³-hybridized carbons (Fsp3) is 0.667. The lowest BCUT2D eigenvalue weighted by atomic mass is 10.1. The highest BCUT2D eigenvalue weighted by Crippen LogP contribution is 2.25. The zero-order valence-electron chi connectivity index (χ0n) is 10.6. The summed E-state index contributed by atoms with van der Waals surface area (Å²) in [5.41, 5.74) is 3.62. The molecule has 0 radical (unpaired) electrons. The van der Waals surface area contributed by atoms with Crippen molar-refractivity contribution in [2.45, 2.75) is 45.6 Å². The number of nitrogen functional groups attached to an aromatic ring is 1. The Morgan fingerprint density at radius 1 is 1.41 bits per heavy atom. The van der Waals surface area contributed by atoms with Crippen molar-refractivity contribution in [1.82, 2.24) is 9.97 Å². The number of aryl methyl sites for hydroxylation is 1. The molecule has 0 amide bonds. The molecule has 1 saturated heterocycles. The van der Waals surface area contributed by atoms with E-state index >= 15 is 0 Å². The second kappa shape index (κ2) is 5.31. The number of nitrogens with one attached hydrogen (secondary N) is 1. The lowest BCUT2D eigenvalue weighted by Gasteiger charge is -2.29. The van der Waals surface area contributed by atoms with E-state index in [2.05, 4.69) is 27.2 Å². The van der Waals surface area contributed by atoms with Crippen LogP contribution in [-0.4, -0.2) is 22.6 Å². The summed E-state index contributed by atoms with van der Waals surface area (Å²) < 4.78 is 0. The Balaban J connectivity index is 2.29. The van der Waals surface area contributed by atoms with Crippen LogP contribution in [-0.2, 0) is 0 Å². The third kappa shape index (κ3) is 2.66. The van der Waals surface area contributed by atoms with Gasteiger partial charge in [0.2, 0.25) is 5.95 Å². The highest BCUT2D eigenvalue weighted by molar-refractivity contribution is 5.49. The van der Waals surface area contributed by atoms with Gasteiger partial charge in [0.15, 0.2) is 0 Å². The molecule has 1 unspecified atom stereocenters. The minimum atomic E-state index is 0.488. The molecule has 0 spiro atoms. The van der Waals surface area contributed by atoms with E-state index in [4.69, 9.17) is 5.84 Å². The van der Waals surface area contributed by atoms with E-state index in [-0.39, 0.29) is 0 Å². The molecule has 1 aliphatic heterocycles. The Kier molecular flexibility index (Phi) is 3.78. The third-order valence-corrected chi connectivity index (χ3v) is 3.40. The topological polar surface area (TPSA) is 67.1 Å². The molecule has 2 rings (SSSR count). The van der Waals surface area contributed by atoms with Crippen molar-refractivity contribution in [1.29, 1.82) is 0 Å². The average molecular weight is 235 g/mol. The largest absolute Gasteiger partial charge is 0.354 e. The number of hydrogen-bond donors (Lipinski definition) is 2. The van der Waals surface area contributed by atoms with Crippen LogP contribution in [0.4, 0.5) is 11.8 Å². The van der Waals surface area contributed by atoms with Gasteiger partial charge in [-0.25, -0.2) is 10.8 Å². The minimum absolute atomic E-state index is 0.488. The molecule has 0 aliphatic carbocycles. The Bertz CT molecular complexity index is 379. The summed E-state index contributed by atoms with van der Waals surface area (Å²) in [7, 11) is 0. The number of hydrazine groups is 1. The first-order valence-corrected chi connectivity index (χ1v) is 6.29. The van der Waals surface area contributed by atoms with Crippen molar-refractivity contribution in [3.05, 3.63) is 11.8 Å². The molecule has 94 valence electrons. The summed E-state index contributed by atoms with van der Waals surface area (Å²) in [5, 5.41) is 0. The SMILES string of the molecule is Cc1cnc(NN)nc1N1CCCCCC1C. The summed E-state index contributed by atoms with van der Waals surface area (Å²) in [6, 6.07) is 0.539. The average Bonchev–Trinajstić information content (AvgIpc) is 2.55. The third-order valence-electron chi connectivity index (χ3n) is 3.40. The van der Waals surface area contributed by atoms with Crippen molar-refractivity contribution >= 4 is 11.8 Å². The molecule has 0 aromatic carbocycles. The summed E-state index contributed by atoms with van der Waals surface area (Å²) in [6.07, 6.45) is 6.92. The van der Waals surface area contributed by atoms with Gasteiger partial charge in [-0.3, -0.25) is 5.43 Å². The summed E-state index contributed by atoms with van der Waals surface area (Å²) in [4.78, 5) is 11.0. The minimum Gasteiger partial charge on any atom is -0.354 e. The number of aromatic nitrogens is 2. The molecule has 5 heteroatoms. The lowest BCUT2D eigenvalue weighted by molar-refractivity contribution is 0.609. The number of nitrogens with two attached hydrogens (primary N) is 1. The standard InChI is InChI=1S/C12H21N5/c1-9-8-14-12(16-13)15-11(9)17-7-5-3-4-6-10(17)2/h8,10H,3-7,13H2,1-2H3,(H,14,15,16). The van der Waals surface area contributed by atoms with Crippen molar-refractivity contribution in [3.63, 3.8) is 0 Å². The van der Waals surface area contributed by atoms with Crippen molar-refractivity contribution in [3.8, 4) is 0 Å². The molecule has 5 nitrogen and oxygen atoms in total. The smallest absolute Gasteiger partial charge is 0.239 e. The molecule has 1 atom stereocenters. The van der Waals surface area contributed by atoms with Crippen LogP contribution in [0.15, 0.2) is 6.20 Å². The van der Waals surface area contributed by atoms with E-state index in [0.29, 0.717) is 12.0 Å². The number of nitrogens with zero attached hydrogens (tertiary/aromatic N) is 3. The van der Waals surface area contributed by atoms with Crippen LogP contribution < -0.4 is 16.2 Å². The molecule has 1 aromatic heterocycles. The molecular weight excluding hydrogens is 214 g/mol. The highest BCUT2D eigenvalue weighted by Gasteiger charge is 2.20. The van der Waals surface area contributed by atoms with Gasteiger partial charge >= 0.3 is 0 Å². The molecular formula is C12H21N5. The molecule has 17 heavy (non-hydrogen) atoms. The predicted octanol–water partition coefficient (Wildman–Crippen LogP) is 1.84. The zero-order valence-corrected chi connectivity index (χ0v) is 10.6. The van der Waals surface area contributed by atoms with Crippen molar-refractivity contribution in [2.24, 2.45) is 5.84 Å². The summed E-state index contributed by atoms with van der Waals surface area (Å²) >= 11 is 0. The van der Waals surface area contributed by atoms with Crippen LogP contribution in [0, 0.1) is 6.92 Å². The quantitative estimate of drug-likeness (QED) is 0.605. The maximum atomic E-state index is 5.37. The molecule has 3 N–H and O–H groups in total. The molecule has 0 saturated carbocycles. The number of hydrogen-bond acceptors (Lipinski definition) is 5. The van der Waals surface area contributed by atoms with E-state index in [9.17, 15) is 0 Å². The molecule has 1 aliphatic rings. The molecule has 1 aromatic rings.